The van der Waals surface area contributed by atoms with Crippen molar-refractivity contribution in [3.8, 4) is 5.69 Å². The zero-order valence-corrected chi connectivity index (χ0v) is 13.0. The van der Waals surface area contributed by atoms with Gasteiger partial charge in [-0.3, -0.25) is 4.79 Å². The Morgan fingerprint density at radius 3 is 3.05 bits per heavy atom. The fourth-order valence-corrected chi connectivity index (χ4v) is 2.86. The highest BCUT2D eigenvalue weighted by molar-refractivity contribution is 7.99. The third-order valence-electron chi connectivity index (χ3n) is 3.37. The van der Waals surface area contributed by atoms with Crippen molar-refractivity contribution >= 4 is 17.7 Å². The lowest BCUT2D eigenvalue weighted by Crippen LogP contribution is -2.32. The van der Waals surface area contributed by atoms with Crippen molar-refractivity contribution in [3.05, 3.63) is 36.7 Å². The Kier molecular flexibility index (Phi) is 5.07. The summed E-state index contributed by atoms with van der Waals surface area (Å²) in [7, 11) is 0. The van der Waals surface area contributed by atoms with E-state index in [1.807, 2.05) is 30.3 Å². The van der Waals surface area contributed by atoms with Gasteiger partial charge >= 0.3 is 0 Å². The Labute approximate surface area is 133 Å². The number of rotatable bonds is 6. The van der Waals surface area contributed by atoms with Crippen LogP contribution in [0.2, 0.25) is 0 Å². The Hall–Kier alpha value is -1.86. The van der Waals surface area contributed by atoms with Crippen molar-refractivity contribution in [1.29, 1.82) is 0 Å². The summed E-state index contributed by atoms with van der Waals surface area (Å²) >= 11 is 1.33. The molecule has 0 aliphatic carbocycles. The van der Waals surface area contributed by atoms with Crippen molar-refractivity contribution in [1.82, 2.24) is 20.1 Å². The molecule has 3 rings (SSSR count). The smallest absolute Gasteiger partial charge is 0.230 e. The molecule has 1 amide bonds. The fraction of sp³-hybridized carbons (Fsp3) is 0.400. The largest absolute Gasteiger partial charge is 0.376 e. The molecule has 0 spiro atoms. The number of carbonyl (C=O) groups excluding carboxylic acids is 1. The molecule has 1 unspecified atom stereocenters. The monoisotopic (exact) mass is 318 g/mol. The summed E-state index contributed by atoms with van der Waals surface area (Å²) in [5, 5.41) is 7.83. The van der Waals surface area contributed by atoms with Crippen molar-refractivity contribution in [2.24, 2.45) is 0 Å². The third-order valence-corrected chi connectivity index (χ3v) is 4.23. The molecule has 7 heteroatoms. The van der Waals surface area contributed by atoms with Crippen LogP contribution in [0.15, 0.2) is 41.8 Å². The van der Waals surface area contributed by atoms with E-state index in [1.54, 1.807) is 11.0 Å². The molecule has 2 aromatic rings. The maximum absolute atomic E-state index is 11.8. The molecule has 0 saturated carbocycles. The molecule has 1 atom stereocenters. The second kappa shape index (κ2) is 7.42. The molecule has 1 saturated heterocycles. The van der Waals surface area contributed by atoms with E-state index in [1.165, 1.54) is 11.8 Å². The van der Waals surface area contributed by atoms with Crippen LogP contribution in [0.5, 0.6) is 0 Å². The Balaban J connectivity index is 1.45. The summed E-state index contributed by atoms with van der Waals surface area (Å²) in [4.78, 5) is 16.0. The second-order valence-corrected chi connectivity index (χ2v) is 5.98. The number of amides is 1. The van der Waals surface area contributed by atoms with Gasteiger partial charge in [0.1, 0.15) is 6.33 Å². The van der Waals surface area contributed by atoms with Gasteiger partial charge in [-0.05, 0) is 25.0 Å². The number of nitrogens with one attached hydrogen (secondary N) is 1. The summed E-state index contributed by atoms with van der Waals surface area (Å²) < 4.78 is 7.17. The number of para-hydroxylation sites is 1. The van der Waals surface area contributed by atoms with Gasteiger partial charge in [0.25, 0.3) is 0 Å². The lowest BCUT2D eigenvalue weighted by molar-refractivity contribution is -0.119. The van der Waals surface area contributed by atoms with Crippen molar-refractivity contribution < 1.29 is 9.53 Å². The molecule has 2 heterocycles. The van der Waals surface area contributed by atoms with Gasteiger partial charge in [0.05, 0.1) is 17.5 Å². The number of carbonyl (C=O) groups is 1. The van der Waals surface area contributed by atoms with E-state index in [9.17, 15) is 4.79 Å². The maximum Gasteiger partial charge on any atom is 0.230 e. The Bertz CT molecular complexity index is 611. The van der Waals surface area contributed by atoms with Crippen LogP contribution in [-0.2, 0) is 9.53 Å². The van der Waals surface area contributed by atoms with Crippen molar-refractivity contribution in [2.75, 3.05) is 18.9 Å². The van der Waals surface area contributed by atoms with E-state index in [-0.39, 0.29) is 12.0 Å². The predicted octanol–water partition coefficient (Wildman–Crippen LogP) is 1.65. The number of thioether (sulfide) groups is 1. The molecule has 22 heavy (non-hydrogen) atoms. The molecule has 0 bridgehead atoms. The minimum Gasteiger partial charge on any atom is -0.376 e. The third kappa shape index (κ3) is 4.08. The summed E-state index contributed by atoms with van der Waals surface area (Å²) in [6.45, 7) is 1.39. The Morgan fingerprint density at radius 2 is 2.27 bits per heavy atom. The minimum absolute atomic E-state index is 0.0171. The normalized spacial score (nSPS) is 17.5. The van der Waals surface area contributed by atoms with Gasteiger partial charge in [-0.25, -0.2) is 9.67 Å². The molecule has 1 aromatic heterocycles. The van der Waals surface area contributed by atoms with E-state index >= 15 is 0 Å². The Morgan fingerprint density at radius 1 is 1.41 bits per heavy atom. The average Bonchev–Trinajstić information content (AvgIpc) is 3.23. The SMILES string of the molecule is O=C(CSc1ncn(-c2ccccc2)n1)NCC1CCCO1. The lowest BCUT2D eigenvalue weighted by atomic mass is 10.2. The van der Waals surface area contributed by atoms with Gasteiger partial charge in [0.15, 0.2) is 0 Å². The first-order valence-electron chi connectivity index (χ1n) is 7.29. The lowest BCUT2D eigenvalue weighted by Gasteiger charge is -2.09. The molecule has 1 aliphatic heterocycles. The standard InChI is InChI=1S/C15H18N4O2S/c20-14(16-9-13-7-4-8-21-13)10-22-15-17-11-19(18-15)12-5-2-1-3-6-12/h1-3,5-6,11,13H,4,7-10H2,(H,16,20). The minimum atomic E-state index is -0.0171. The molecule has 6 nitrogen and oxygen atoms in total. The number of hydrogen-bond donors (Lipinski definition) is 1. The van der Waals surface area contributed by atoms with Gasteiger partial charge in [0, 0.05) is 13.2 Å². The van der Waals surface area contributed by atoms with Crippen LogP contribution < -0.4 is 5.32 Å². The number of benzene rings is 1. The highest BCUT2D eigenvalue weighted by Gasteiger charge is 2.16. The first kappa shape index (κ1) is 15.1. The van der Waals surface area contributed by atoms with Gasteiger partial charge in [-0.15, -0.1) is 5.10 Å². The second-order valence-electron chi connectivity index (χ2n) is 5.04. The summed E-state index contributed by atoms with van der Waals surface area (Å²) in [6.07, 6.45) is 3.93. The molecule has 1 fully saturated rings. The van der Waals surface area contributed by atoms with Gasteiger partial charge in [-0.1, -0.05) is 30.0 Å². The number of hydrogen-bond acceptors (Lipinski definition) is 5. The van der Waals surface area contributed by atoms with Crippen LogP contribution in [0.3, 0.4) is 0 Å². The van der Waals surface area contributed by atoms with Crippen molar-refractivity contribution in [3.63, 3.8) is 0 Å². The van der Waals surface area contributed by atoms with E-state index in [0.29, 0.717) is 17.5 Å². The van der Waals surface area contributed by atoms with Gasteiger partial charge in [0.2, 0.25) is 11.1 Å². The maximum atomic E-state index is 11.8. The van der Waals surface area contributed by atoms with E-state index in [2.05, 4.69) is 15.4 Å². The average molecular weight is 318 g/mol. The fourth-order valence-electron chi connectivity index (χ4n) is 2.23. The highest BCUT2D eigenvalue weighted by atomic mass is 32.2. The highest BCUT2D eigenvalue weighted by Crippen LogP contribution is 2.14. The van der Waals surface area contributed by atoms with Gasteiger partial charge < -0.3 is 10.1 Å². The quantitative estimate of drug-likeness (QED) is 0.820. The van der Waals surface area contributed by atoms with Crippen LogP contribution in [0.1, 0.15) is 12.8 Å². The molecular formula is C15H18N4O2S. The summed E-state index contributed by atoms with van der Waals surface area (Å²) in [6, 6.07) is 9.76. The summed E-state index contributed by atoms with van der Waals surface area (Å²) in [5.74, 6) is 0.294. The molecule has 1 N–H and O–H groups in total. The zero-order chi connectivity index (χ0) is 15.2. The summed E-state index contributed by atoms with van der Waals surface area (Å²) in [5.41, 5.74) is 0.949. The van der Waals surface area contributed by atoms with Crippen LogP contribution in [-0.4, -0.2) is 45.7 Å². The first-order chi connectivity index (χ1) is 10.8. The van der Waals surface area contributed by atoms with Crippen molar-refractivity contribution in [2.45, 2.75) is 24.1 Å². The predicted molar refractivity (Wildman–Crippen MR) is 84.1 cm³/mol. The molecule has 0 radical (unpaired) electrons. The zero-order valence-electron chi connectivity index (χ0n) is 12.1. The van der Waals surface area contributed by atoms with E-state index < -0.39 is 0 Å². The number of ether oxygens (including phenoxy) is 1. The number of aromatic nitrogens is 3. The topological polar surface area (TPSA) is 69.0 Å². The number of nitrogens with zero attached hydrogens (tertiary/aromatic N) is 3. The van der Waals surface area contributed by atoms with Crippen LogP contribution in [0.4, 0.5) is 0 Å². The van der Waals surface area contributed by atoms with Crippen LogP contribution in [0.25, 0.3) is 5.69 Å². The van der Waals surface area contributed by atoms with Crippen LogP contribution >= 0.6 is 11.8 Å². The first-order valence-corrected chi connectivity index (χ1v) is 8.28. The molecular weight excluding hydrogens is 300 g/mol. The van der Waals surface area contributed by atoms with Gasteiger partial charge in [-0.2, -0.15) is 0 Å². The molecule has 1 aliphatic rings. The van der Waals surface area contributed by atoms with Crippen LogP contribution in [0, 0.1) is 0 Å². The van der Waals surface area contributed by atoms with E-state index in [4.69, 9.17) is 4.74 Å². The molecule has 1 aromatic carbocycles. The molecule has 116 valence electrons. The van der Waals surface area contributed by atoms with E-state index in [0.717, 1.165) is 25.1 Å².